The minimum atomic E-state index is -4.30. The van der Waals surface area contributed by atoms with Gasteiger partial charge < -0.3 is 9.84 Å². The minimum Gasteiger partial charge on any atom is -0.480 e. The van der Waals surface area contributed by atoms with E-state index < -0.39 is 24.8 Å². The fraction of sp³-hybridized carbons (Fsp3) is 0.923. The van der Waals surface area contributed by atoms with Crippen molar-refractivity contribution >= 4 is 5.97 Å². The first-order valence-electron chi connectivity index (χ1n) is 7.00. The van der Waals surface area contributed by atoms with Gasteiger partial charge >= 0.3 is 12.1 Å². The third kappa shape index (κ3) is 3.85. The maximum absolute atomic E-state index is 11.9. The molecule has 0 amide bonds. The van der Waals surface area contributed by atoms with Crippen LogP contribution in [0, 0.1) is 11.8 Å². The highest BCUT2D eigenvalue weighted by molar-refractivity contribution is 5.74. The summed E-state index contributed by atoms with van der Waals surface area (Å²) < 4.78 is 40.2. The van der Waals surface area contributed by atoms with Gasteiger partial charge in [-0.1, -0.05) is 6.42 Å². The number of alkyl halides is 3. The summed E-state index contributed by atoms with van der Waals surface area (Å²) in [6.45, 7) is 0.0149. The fourth-order valence-electron chi connectivity index (χ4n) is 3.52. The molecule has 20 heavy (non-hydrogen) atoms. The molecule has 0 aromatic carbocycles. The van der Waals surface area contributed by atoms with Crippen LogP contribution in [-0.2, 0) is 9.53 Å². The first kappa shape index (κ1) is 15.6. The molecule has 0 bridgehead atoms. The smallest absolute Gasteiger partial charge is 0.411 e. The zero-order chi connectivity index (χ0) is 14.8. The number of halogens is 3. The lowest BCUT2D eigenvalue weighted by Crippen LogP contribution is -2.40. The number of aliphatic carboxylic acids is 1. The van der Waals surface area contributed by atoms with Gasteiger partial charge in [0.1, 0.15) is 12.6 Å². The summed E-state index contributed by atoms with van der Waals surface area (Å²) in [5, 5.41) is 9.32. The lowest BCUT2D eigenvalue weighted by molar-refractivity contribution is -0.174. The number of nitrogens with zero attached hydrogens (tertiary/aromatic N) is 1. The van der Waals surface area contributed by atoms with Crippen molar-refractivity contribution < 1.29 is 27.8 Å². The summed E-state index contributed by atoms with van der Waals surface area (Å²) in [4.78, 5) is 13.2. The Morgan fingerprint density at radius 2 is 2.10 bits per heavy atom. The van der Waals surface area contributed by atoms with Crippen molar-refractivity contribution in [1.29, 1.82) is 0 Å². The van der Waals surface area contributed by atoms with Crippen molar-refractivity contribution in [2.24, 2.45) is 11.8 Å². The minimum absolute atomic E-state index is 0.0116. The Balaban J connectivity index is 1.73. The average molecular weight is 295 g/mol. The van der Waals surface area contributed by atoms with Gasteiger partial charge in [-0.05, 0) is 31.1 Å². The van der Waals surface area contributed by atoms with Gasteiger partial charge in [0.05, 0.1) is 0 Å². The van der Waals surface area contributed by atoms with Crippen LogP contribution in [0.15, 0.2) is 0 Å². The number of rotatable bonds is 6. The van der Waals surface area contributed by atoms with E-state index in [1.54, 1.807) is 0 Å². The number of likely N-dealkylation sites (tertiary alicyclic amines) is 1. The number of ether oxygens (including phenoxy) is 1. The predicted octanol–water partition coefficient (Wildman–Crippen LogP) is 2.14. The monoisotopic (exact) mass is 295 g/mol. The van der Waals surface area contributed by atoms with E-state index in [9.17, 15) is 23.1 Å². The van der Waals surface area contributed by atoms with Crippen LogP contribution < -0.4 is 0 Å². The van der Waals surface area contributed by atoms with E-state index in [4.69, 9.17) is 0 Å². The molecule has 0 radical (unpaired) electrons. The second kappa shape index (κ2) is 6.30. The van der Waals surface area contributed by atoms with Gasteiger partial charge in [-0.25, -0.2) is 0 Å². The number of carboxylic acids is 1. The number of carboxylic acid groups (broad SMARTS) is 1. The Morgan fingerprint density at radius 1 is 1.35 bits per heavy atom. The molecule has 116 valence electrons. The molecular formula is C13H20F3NO3. The van der Waals surface area contributed by atoms with Crippen LogP contribution in [0.5, 0.6) is 0 Å². The van der Waals surface area contributed by atoms with Gasteiger partial charge in [0.15, 0.2) is 0 Å². The van der Waals surface area contributed by atoms with Crippen molar-refractivity contribution in [3.63, 3.8) is 0 Å². The van der Waals surface area contributed by atoms with Crippen LogP contribution in [0.1, 0.15) is 25.7 Å². The van der Waals surface area contributed by atoms with Gasteiger partial charge in [0, 0.05) is 19.7 Å². The molecule has 2 fully saturated rings. The number of hydrogen-bond acceptors (Lipinski definition) is 3. The second-order valence-electron chi connectivity index (χ2n) is 5.65. The third-order valence-electron chi connectivity index (χ3n) is 4.24. The Bertz CT molecular complexity index is 348. The molecule has 3 atom stereocenters. The molecule has 0 aromatic heterocycles. The Labute approximate surface area is 115 Å². The van der Waals surface area contributed by atoms with Crippen molar-refractivity contribution in [3.05, 3.63) is 0 Å². The third-order valence-corrected chi connectivity index (χ3v) is 4.24. The second-order valence-corrected chi connectivity index (χ2v) is 5.65. The molecule has 1 saturated heterocycles. The van der Waals surface area contributed by atoms with Crippen molar-refractivity contribution in [1.82, 2.24) is 4.90 Å². The zero-order valence-corrected chi connectivity index (χ0v) is 11.2. The summed E-state index contributed by atoms with van der Waals surface area (Å²) in [5.74, 6) is -0.161. The first-order chi connectivity index (χ1) is 9.38. The molecule has 3 unspecified atom stereocenters. The van der Waals surface area contributed by atoms with E-state index in [1.807, 2.05) is 4.90 Å². The van der Waals surface area contributed by atoms with E-state index in [0.717, 1.165) is 25.8 Å². The average Bonchev–Trinajstić information content (AvgIpc) is 2.85. The quantitative estimate of drug-likeness (QED) is 0.763. The zero-order valence-electron chi connectivity index (χ0n) is 11.2. The molecule has 7 heteroatoms. The maximum atomic E-state index is 11.9. The van der Waals surface area contributed by atoms with Gasteiger partial charge in [-0.15, -0.1) is 0 Å². The van der Waals surface area contributed by atoms with E-state index in [1.165, 1.54) is 0 Å². The lowest BCUT2D eigenvalue weighted by Gasteiger charge is -2.24. The highest BCUT2D eigenvalue weighted by Crippen LogP contribution is 2.42. The molecule has 4 nitrogen and oxygen atoms in total. The standard InChI is InChI=1S/C13H20F3NO3/c14-13(15,16)8-20-6-2-5-17-7-9-3-1-4-10(9)11(17)12(18)19/h9-11H,1-8H2,(H,18,19). The van der Waals surface area contributed by atoms with Gasteiger partial charge in [0.25, 0.3) is 0 Å². The maximum Gasteiger partial charge on any atom is 0.411 e. The Morgan fingerprint density at radius 3 is 2.75 bits per heavy atom. The molecule has 0 aromatic rings. The largest absolute Gasteiger partial charge is 0.480 e. The normalized spacial score (nSPS) is 30.6. The van der Waals surface area contributed by atoms with Crippen LogP contribution in [0.25, 0.3) is 0 Å². The fourth-order valence-corrected chi connectivity index (χ4v) is 3.52. The topological polar surface area (TPSA) is 49.8 Å². The summed E-state index contributed by atoms with van der Waals surface area (Å²) in [6.07, 6.45) is -0.770. The van der Waals surface area contributed by atoms with E-state index in [0.29, 0.717) is 18.9 Å². The van der Waals surface area contributed by atoms with Crippen molar-refractivity contribution in [2.45, 2.75) is 37.9 Å². The molecule has 1 aliphatic heterocycles. The van der Waals surface area contributed by atoms with Crippen LogP contribution in [0.4, 0.5) is 13.2 Å². The molecule has 1 heterocycles. The molecule has 0 spiro atoms. The molecule has 2 aliphatic rings. The van der Waals surface area contributed by atoms with Gasteiger partial charge in [-0.3, -0.25) is 9.69 Å². The summed E-state index contributed by atoms with van der Waals surface area (Å²) in [7, 11) is 0. The number of fused-ring (bicyclic) bond motifs is 1. The summed E-state index contributed by atoms with van der Waals surface area (Å²) in [5.41, 5.74) is 0. The van der Waals surface area contributed by atoms with Gasteiger partial charge in [-0.2, -0.15) is 13.2 Å². The van der Waals surface area contributed by atoms with Gasteiger partial charge in [0.2, 0.25) is 0 Å². The highest BCUT2D eigenvalue weighted by Gasteiger charge is 2.47. The molecule has 1 saturated carbocycles. The summed E-state index contributed by atoms with van der Waals surface area (Å²) in [6, 6.07) is -0.467. The summed E-state index contributed by atoms with van der Waals surface area (Å²) >= 11 is 0. The van der Waals surface area contributed by atoms with E-state index >= 15 is 0 Å². The molecule has 1 N–H and O–H groups in total. The Hall–Kier alpha value is -0.820. The lowest BCUT2D eigenvalue weighted by atomic mass is 9.94. The molecular weight excluding hydrogens is 275 g/mol. The molecule has 1 aliphatic carbocycles. The predicted molar refractivity (Wildman–Crippen MR) is 65.3 cm³/mol. The Kier molecular flexibility index (Phi) is 4.90. The molecule has 2 rings (SSSR count). The van der Waals surface area contributed by atoms with Crippen LogP contribution >= 0.6 is 0 Å². The van der Waals surface area contributed by atoms with Crippen LogP contribution in [-0.4, -0.2) is 54.5 Å². The number of carbonyl (C=O) groups is 1. The number of hydrogen-bond donors (Lipinski definition) is 1. The van der Waals surface area contributed by atoms with Crippen molar-refractivity contribution in [3.8, 4) is 0 Å². The van der Waals surface area contributed by atoms with Crippen LogP contribution in [0.2, 0.25) is 0 Å². The highest BCUT2D eigenvalue weighted by atomic mass is 19.4. The van der Waals surface area contributed by atoms with E-state index in [2.05, 4.69) is 4.74 Å². The van der Waals surface area contributed by atoms with Crippen molar-refractivity contribution in [2.75, 3.05) is 26.3 Å². The van der Waals surface area contributed by atoms with E-state index in [-0.39, 0.29) is 12.5 Å². The van der Waals surface area contributed by atoms with Crippen LogP contribution in [0.3, 0.4) is 0 Å². The first-order valence-corrected chi connectivity index (χ1v) is 7.00. The SMILES string of the molecule is O=C(O)C1C2CCCC2CN1CCCOCC(F)(F)F.